The maximum Gasteiger partial charge on any atom is 0.131 e. The van der Waals surface area contributed by atoms with Crippen molar-refractivity contribution in [2.75, 3.05) is 0 Å². The Morgan fingerprint density at radius 3 is 1.66 bits per heavy atom. The summed E-state index contributed by atoms with van der Waals surface area (Å²) in [7, 11) is 0. The number of benzene rings is 7. The number of nitrogens with zero attached hydrogens (tertiary/aromatic N) is 2. The van der Waals surface area contributed by atoms with Crippen molar-refractivity contribution in [2.45, 2.75) is 0 Å². The number of aromatic nitrogens is 2. The lowest BCUT2D eigenvalue weighted by Crippen LogP contribution is -1.95. The highest BCUT2D eigenvalue weighted by Gasteiger charge is 2.19. The Morgan fingerprint density at radius 2 is 0.977 bits per heavy atom. The molecule has 0 spiro atoms. The lowest BCUT2D eigenvalue weighted by atomic mass is 9.84. The summed E-state index contributed by atoms with van der Waals surface area (Å²) >= 11 is 0. The second-order valence-corrected chi connectivity index (χ2v) is 11.3. The van der Waals surface area contributed by atoms with Crippen LogP contribution in [0, 0.1) is 5.82 Å². The number of fused-ring (bicyclic) bond motifs is 6. The molecule has 0 radical (unpaired) electrons. The van der Waals surface area contributed by atoms with E-state index in [0.717, 1.165) is 49.6 Å². The molecule has 7 aromatic carbocycles. The zero-order valence-corrected chi connectivity index (χ0v) is 23.7. The first-order valence-electron chi connectivity index (χ1n) is 14.8. The molecule has 0 saturated carbocycles. The van der Waals surface area contributed by atoms with Gasteiger partial charge in [-0.1, -0.05) is 109 Å². The topological polar surface area (TPSA) is 17.8 Å². The van der Waals surface area contributed by atoms with E-state index >= 15 is 0 Å². The van der Waals surface area contributed by atoms with E-state index in [1.807, 2.05) is 42.7 Å². The van der Waals surface area contributed by atoms with Gasteiger partial charge in [-0.3, -0.25) is 4.98 Å². The summed E-state index contributed by atoms with van der Waals surface area (Å²) in [5.41, 5.74) is 7.86. The van der Waals surface area contributed by atoms with Gasteiger partial charge in [0.15, 0.2) is 0 Å². The van der Waals surface area contributed by atoms with Crippen LogP contribution in [0.1, 0.15) is 0 Å². The number of para-hydroxylation sites is 1. The number of rotatable bonds is 3. The van der Waals surface area contributed by atoms with Gasteiger partial charge in [-0.2, -0.15) is 0 Å². The lowest BCUT2D eigenvalue weighted by molar-refractivity contribution is 0.640. The highest BCUT2D eigenvalue weighted by atomic mass is 19.1. The smallest absolute Gasteiger partial charge is 0.131 e. The molecule has 2 aromatic heterocycles. The van der Waals surface area contributed by atoms with Crippen molar-refractivity contribution in [3.05, 3.63) is 158 Å². The summed E-state index contributed by atoms with van der Waals surface area (Å²) < 4.78 is 17.2. The molecule has 0 aliphatic heterocycles. The van der Waals surface area contributed by atoms with E-state index in [4.69, 9.17) is 0 Å². The molecule has 2 nitrogen and oxygen atoms in total. The van der Waals surface area contributed by atoms with Crippen LogP contribution >= 0.6 is 0 Å². The van der Waals surface area contributed by atoms with Gasteiger partial charge in [0.25, 0.3) is 0 Å². The van der Waals surface area contributed by atoms with Gasteiger partial charge >= 0.3 is 0 Å². The van der Waals surface area contributed by atoms with E-state index in [1.165, 1.54) is 27.1 Å². The minimum atomic E-state index is -0.200. The number of hydrogen-bond acceptors (Lipinski definition) is 1. The minimum Gasteiger partial charge on any atom is -0.308 e. The van der Waals surface area contributed by atoms with Gasteiger partial charge in [-0.15, -0.1) is 0 Å². The van der Waals surface area contributed by atoms with Crippen LogP contribution in [0.3, 0.4) is 0 Å². The van der Waals surface area contributed by atoms with Crippen LogP contribution in [-0.4, -0.2) is 9.55 Å². The van der Waals surface area contributed by atoms with Crippen molar-refractivity contribution in [2.24, 2.45) is 0 Å². The fourth-order valence-corrected chi connectivity index (χ4v) is 7.08. The van der Waals surface area contributed by atoms with Crippen LogP contribution in [0.25, 0.3) is 82.1 Å². The molecule has 2 heterocycles. The van der Waals surface area contributed by atoms with Crippen molar-refractivity contribution < 1.29 is 4.39 Å². The molecule has 0 aliphatic rings. The van der Waals surface area contributed by atoms with Gasteiger partial charge in [0.05, 0.1) is 17.2 Å². The monoisotopic (exact) mass is 564 g/mol. The number of pyridine rings is 1. The van der Waals surface area contributed by atoms with Crippen LogP contribution in [0.2, 0.25) is 0 Å². The fraction of sp³-hybridized carbons (Fsp3) is 0. The van der Waals surface area contributed by atoms with E-state index in [-0.39, 0.29) is 5.82 Å². The molecule has 0 fully saturated rings. The van der Waals surface area contributed by atoms with Crippen molar-refractivity contribution >= 4 is 54.1 Å². The zero-order chi connectivity index (χ0) is 29.2. The first-order chi connectivity index (χ1) is 21.8. The molecular weight excluding hydrogens is 539 g/mol. The Bertz CT molecular complexity index is 2450. The zero-order valence-electron chi connectivity index (χ0n) is 23.7. The van der Waals surface area contributed by atoms with E-state index in [0.29, 0.717) is 5.39 Å². The van der Waals surface area contributed by atoms with Crippen LogP contribution < -0.4 is 0 Å². The summed E-state index contributed by atoms with van der Waals surface area (Å²) in [4.78, 5) is 4.44. The Labute approximate surface area is 253 Å². The lowest BCUT2D eigenvalue weighted by Gasteiger charge is -2.19. The average Bonchev–Trinajstić information content (AvgIpc) is 3.42. The summed E-state index contributed by atoms with van der Waals surface area (Å²) in [6.45, 7) is 0. The fourth-order valence-electron chi connectivity index (χ4n) is 7.08. The van der Waals surface area contributed by atoms with E-state index < -0.39 is 0 Å². The summed E-state index contributed by atoms with van der Waals surface area (Å²) in [6, 6.07) is 48.0. The molecule has 3 heteroatoms. The molecule has 0 aliphatic carbocycles. The van der Waals surface area contributed by atoms with E-state index in [9.17, 15) is 4.39 Å². The predicted molar refractivity (Wildman–Crippen MR) is 182 cm³/mol. The van der Waals surface area contributed by atoms with Crippen LogP contribution in [-0.2, 0) is 0 Å². The van der Waals surface area contributed by atoms with Gasteiger partial charge in [-0.05, 0) is 79.5 Å². The summed E-state index contributed by atoms with van der Waals surface area (Å²) in [5.74, 6) is -0.200. The SMILES string of the molecule is Fc1ccc(-c2c3ccccc3c(-c3ccc(-n4c5ccccc5c5ccncc54)cc3)c3ccccc23)c2ccccc12. The van der Waals surface area contributed by atoms with Gasteiger partial charge in [-0.25, -0.2) is 4.39 Å². The number of halogens is 1. The molecular formula is C41H25FN2. The first-order valence-corrected chi connectivity index (χ1v) is 14.8. The standard InChI is InChI=1S/C41H25FN2/c42-37-22-21-36(28-9-1-2-10-29(28)37)41-34-14-5-3-12-32(34)40(33-13-4-6-15-35(33)41)26-17-19-27(20-18-26)44-38-16-8-7-11-30(38)31-23-24-43-25-39(31)44/h1-25H. The Balaban J connectivity index is 1.30. The average molecular weight is 565 g/mol. The third-order valence-corrected chi connectivity index (χ3v) is 8.96. The highest BCUT2D eigenvalue weighted by Crippen LogP contribution is 2.45. The summed E-state index contributed by atoms with van der Waals surface area (Å²) in [5, 5.41) is 8.60. The highest BCUT2D eigenvalue weighted by molar-refractivity contribution is 6.23. The first kappa shape index (κ1) is 24.8. The molecule has 0 unspecified atom stereocenters. The molecule has 0 atom stereocenters. The maximum atomic E-state index is 14.9. The molecule has 0 N–H and O–H groups in total. The van der Waals surface area contributed by atoms with E-state index in [1.54, 1.807) is 6.07 Å². The second kappa shape index (κ2) is 9.62. The van der Waals surface area contributed by atoms with E-state index in [2.05, 4.69) is 113 Å². The third-order valence-electron chi connectivity index (χ3n) is 8.96. The van der Waals surface area contributed by atoms with Gasteiger partial charge in [0, 0.05) is 28.0 Å². The molecule has 206 valence electrons. The van der Waals surface area contributed by atoms with Crippen LogP contribution in [0.15, 0.2) is 152 Å². The van der Waals surface area contributed by atoms with Crippen LogP contribution in [0.4, 0.5) is 4.39 Å². The Hall–Kier alpha value is -5.80. The van der Waals surface area contributed by atoms with Crippen molar-refractivity contribution in [1.82, 2.24) is 9.55 Å². The largest absolute Gasteiger partial charge is 0.308 e. The quantitative estimate of drug-likeness (QED) is 0.195. The maximum absolute atomic E-state index is 14.9. The second-order valence-electron chi connectivity index (χ2n) is 11.3. The normalized spacial score (nSPS) is 11.8. The molecule has 0 bridgehead atoms. The molecule has 44 heavy (non-hydrogen) atoms. The Morgan fingerprint density at radius 1 is 0.432 bits per heavy atom. The minimum absolute atomic E-state index is 0.200. The molecule has 9 rings (SSSR count). The van der Waals surface area contributed by atoms with Gasteiger partial charge in [0.2, 0.25) is 0 Å². The van der Waals surface area contributed by atoms with Crippen molar-refractivity contribution in [3.63, 3.8) is 0 Å². The molecule has 0 saturated heterocycles. The van der Waals surface area contributed by atoms with Crippen LogP contribution in [0.5, 0.6) is 0 Å². The van der Waals surface area contributed by atoms with Gasteiger partial charge in [0.1, 0.15) is 5.82 Å². The van der Waals surface area contributed by atoms with Gasteiger partial charge < -0.3 is 4.57 Å². The number of hydrogen-bond donors (Lipinski definition) is 0. The summed E-state index contributed by atoms with van der Waals surface area (Å²) in [6.07, 6.45) is 3.80. The van der Waals surface area contributed by atoms with Crippen molar-refractivity contribution in [3.8, 4) is 27.9 Å². The van der Waals surface area contributed by atoms with Crippen molar-refractivity contribution in [1.29, 1.82) is 0 Å². The molecule has 0 amide bonds. The predicted octanol–water partition coefficient (Wildman–Crippen LogP) is 11.1. The molecule has 9 aromatic rings. The Kier molecular flexibility index (Phi) is 5.41. The third kappa shape index (κ3) is 3.56.